The Morgan fingerprint density at radius 3 is 2.52 bits per heavy atom. The molecule has 0 amide bonds. The molecular formula is C22H17BrN2OS. The van der Waals surface area contributed by atoms with Gasteiger partial charge in [-0.15, -0.1) is 10.2 Å². The number of hydrogen-bond acceptors (Lipinski definition) is 4. The van der Waals surface area contributed by atoms with Gasteiger partial charge >= 0.3 is 0 Å². The van der Waals surface area contributed by atoms with Gasteiger partial charge in [0.15, 0.2) is 0 Å². The lowest BCUT2D eigenvalue weighted by molar-refractivity contribution is 0.420. The van der Waals surface area contributed by atoms with E-state index in [-0.39, 0.29) is 0 Å². The monoisotopic (exact) mass is 436 g/mol. The second kappa shape index (κ2) is 8.55. The number of hydrogen-bond donors (Lipinski definition) is 0. The molecule has 4 rings (SSSR count). The summed E-state index contributed by atoms with van der Waals surface area (Å²) in [5.41, 5.74) is 4.84. The van der Waals surface area contributed by atoms with Gasteiger partial charge in [-0.05, 0) is 34.4 Å². The maximum absolute atomic E-state index is 5.82. The zero-order chi connectivity index (χ0) is 18.5. The highest BCUT2D eigenvalue weighted by Crippen LogP contribution is 2.29. The molecular weight excluding hydrogens is 420 g/mol. The SMILES string of the molecule is Brc1cccc(Cc2nnc(SCc3ccccc3-c3ccccc3)o2)c1. The van der Waals surface area contributed by atoms with Crippen molar-refractivity contribution >= 4 is 27.7 Å². The topological polar surface area (TPSA) is 38.9 Å². The summed E-state index contributed by atoms with van der Waals surface area (Å²) in [5.74, 6) is 1.41. The summed E-state index contributed by atoms with van der Waals surface area (Å²) < 4.78 is 6.87. The molecule has 3 nitrogen and oxygen atoms in total. The summed E-state index contributed by atoms with van der Waals surface area (Å²) in [6.45, 7) is 0. The van der Waals surface area contributed by atoms with Crippen molar-refractivity contribution in [2.75, 3.05) is 0 Å². The fraction of sp³-hybridized carbons (Fsp3) is 0.0909. The average molecular weight is 437 g/mol. The summed E-state index contributed by atoms with van der Waals surface area (Å²) in [4.78, 5) is 0. The van der Waals surface area contributed by atoms with Crippen LogP contribution in [0.1, 0.15) is 17.0 Å². The molecule has 0 atom stereocenters. The Labute approximate surface area is 171 Å². The Morgan fingerprint density at radius 2 is 1.67 bits per heavy atom. The zero-order valence-corrected chi connectivity index (χ0v) is 16.9. The largest absolute Gasteiger partial charge is 0.416 e. The third-order valence-corrected chi connectivity index (χ3v) is 5.51. The first kappa shape index (κ1) is 18.0. The lowest BCUT2D eigenvalue weighted by Gasteiger charge is -2.08. The first-order valence-electron chi connectivity index (χ1n) is 8.61. The Hall–Kier alpha value is -2.37. The smallest absolute Gasteiger partial charge is 0.276 e. The lowest BCUT2D eigenvalue weighted by Crippen LogP contribution is -1.87. The van der Waals surface area contributed by atoms with Gasteiger partial charge in [0, 0.05) is 10.2 Å². The predicted octanol–water partition coefficient (Wildman–Crippen LogP) is 6.38. The van der Waals surface area contributed by atoms with Gasteiger partial charge in [-0.3, -0.25) is 0 Å². The molecule has 0 saturated heterocycles. The fourth-order valence-electron chi connectivity index (χ4n) is 2.87. The van der Waals surface area contributed by atoms with E-state index in [4.69, 9.17) is 4.42 Å². The molecule has 0 aliphatic heterocycles. The molecule has 0 unspecified atom stereocenters. The van der Waals surface area contributed by atoms with Crippen LogP contribution in [0.2, 0.25) is 0 Å². The van der Waals surface area contributed by atoms with E-state index < -0.39 is 0 Å². The fourth-order valence-corrected chi connectivity index (χ4v) is 4.11. The molecule has 0 bridgehead atoms. The van der Waals surface area contributed by atoms with Gasteiger partial charge in [0.05, 0.1) is 6.42 Å². The van der Waals surface area contributed by atoms with E-state index in [9.17, 15) is 0 Å². The molecule has 0 aliphatic carbocycles. The molecule has 0 radical (unpaired) electrons. The maximum Gasteiger partial charge on any atom is 0.276 e. The van der Waals surface area contributed by atoms with Gasteiger partial charge in [-0.25, -0.2) is 0 Å². The first-order chi connectivity index (χ1) is 13.3. The van der Waals surface area contributed by atoms with Crippen LogP contribution in [-0.2, 0) is 12.2 Å². The molecule has 3 aromatic carbocycles. The minimum absolute atomic E-state index is 0.600. The quantitative estimate of drug-likeness (QED) is 0.328. The number of thioether (sulfide) groups is 1. The van der Waals surface area contributed by atoms with Crippen LogP contribution in [0, 0.1) is 0 Å². The van der Waals surface area contributed by atoms with Crippen molar-refractivity contribution in [2.45, 2.75) is 17.4 Å². The Bertz CT molecular complexity index is 1030. The van der Waals surface area contributed by atoms with Crippen molar-refractivity contribution in [3.8, 4) is 11.1 Å². The molecule has 0 saturated carbocycles. The third kappa shape index (κ3) is 4.67. The molecule has 0 N–H and O–H groups in total. The first-order valence-corrected chi connectivity index (χ1v) is 10.4. The van der Waals surface area contributed by atoms with Crippen LogP contribution in [0.25, 0.3) is 11.1 Å². The van der Waals surface area contributed by atoms with Crippen molar-refractivity contribution in [1.29, 1.82) is 0 Å². The summed E-state index contributed by atoms with van der Waals surface area (Å²) in [5, 5.41) is 8.97. The van der Waals surface area contributed by atoms with Crippen LogP contribution in [-0.4, -0.2) is 10.2 Å². The van der Waals surface area contributed by atoms with Crippen molar-refractivity contribution < 1.29 is 4.42 Å². The van der Waals surface area contributed by atoms with Crippen molar-refractivity contribution in [1.82, 2.24) is 10.2 Å². The minimum atomic E-state index is 0.600. The third-order valence-electron chi connectivity index (χ3n) is 4.15. The number of benzene rings is 3. The Morgan fingerprint density at radius 1 is 0.852 bits per heavy atom. The predicted molar refractivity (Wildman–Crippen MR) is 113 cm³/mol. The van der Waals surface area contributed by atoms with Crippen molar-refractivity contribution in [2.24, 2.45) is 0 Å². The van der Waals surface area contributed by atoms with Gasteiger partial charge in [0.25, 0.3) is 5.22 Å². The number of rotatable bonds is 6. The van der Waals surface area contributed by atoms with E-state index in [1.54, 1.807) is 11.8 Å². The molecule has 0 spiro atoms. The van der Waals surface area contributed by atoms with E-state index >= 15 is 0 Å². The van der Waals surface area contributed by atoms with Gasteiger partial charge in [-0.2, -0.15) is 0 Å². The molecule has 0 aliphatic rings. The second-order valence-electron chi connectivity index (χ2n) is 6.08. The molecule has 5 heteroatoms. The molecule has 134 valence electrons. The van der Waals surface area contributed by atoms with Crippen LogP contribution in [0.15, 0.2) is 93.0 Å². The van der Waals surface area contributed by atoms with Crippen LogP contribution < -0.4 is 0 Å². The van der Waals surface area contributed by atoms with Crippen LogP contribution in [0.3, 0.4) is 0 Å². The van der Waals surface area contributed by atoms with E-state index in [0.29, 0.717) is 17.5 Å². The average Bonchev–Trinajstić information content (AvgIpc) is 3.15. The van der Waals surface area contributed by atoms with E-state index in [2.05, 4.69) is 86.8 Å². The van der Waals surface area contributed by atoms with Gasteiger partial charge in [0.1, 0.15) is 0 Å². The summed E-state index contributed by atoms with van der Waals surface area (Å²) in [6.07, 6.45) is 0.633. The number of halogens is 1. The second-order valence-corrected chi connectivity index (χ2v) is 7.92. The lowest BCUT2D eigenvalue weighted by atomic mass is 10.0. The number of aromatic nitrogens is 2. The van der Waals surface area contributed by atoms with Gasteiger partial charge in [0.2, 0.25) is 5.89 Å². The number of nitrogens with zero attached hydrogens (tertiary/aromatic N) is 2. The Balaban J connectivity index is 1.45. The standard InChI is InChI=1S/C22H17BrN2OS/c23-19-11-6-7-16(13-19)14-21-24-25-22(26-21)27-15-18-10-4-5-12-20(18)17-8-2-1-3-9-17/h1-13H,14-15H2. The van der Waals surface area contributed by atoms with E-state index in [0.717, 1.165) is 15.8 Å². The van der Waals surface area contributed by atoms with Gasteiger partial charge in [-0.1, -0.05) is 94.4 Å². The summed E-state index contributed by atoms with van der Waals surface area (Å²) in [7, 11) is 0. The van der Waals surface area contributed by atoms with Crippen LogP contribution in [0.5, 0.6) is 0 Å². The minimum Gasteiger partial charge on any atom is -0.416 e. The maximum atomic E-state index is 5.82. The van der Waals surface area contributed by atoms with Crippen LogP contribution >= 0.6 is 27.7 Å². The molecule has 4 aromatic rings. The molecule has 1 heterocycles. The van der Waals surface area contributed by atoms with Crippen molar-refractivity contribution in [3.63, 3.8) is 0 Å². The Kier molecular flexibility index (Phi) is 5.70. The van der Waals surface area contributed by atoms with Gasteiger partial charge < -0.3 is 4.42 Å². The molecule has 27 heavy (non-hydrogen) atoms. The summed E-state index contributed by atoms with van der Waals surface area (Å²) >= 11 is 5.05. The van der Waals surface area contributed by atoms with Crippen molar-refractivity contribution in [3.05, 3.63) is 100 Å². The molecule has 0 fully saturated rings. The van der Waals surface area contributed by atoms with Crippen LogP contribution in [0.4, 0.5) is 0 Å². The van der Waals surface area contributed by atoms with E-state index in [1.165, 1.54) is 16.7 Å². The summed E-state index contributed by atoms with van der Waals surface area (Å²) in [6, 6.07) is 27.0. The zero-order valence-electron chi connectivity index (χ0n) is 14.5. The highest BCUT2D eigenvalue weighted by atomic mass is 79.9. The molecule has 1 aromatic heterocycles. The highest BCUT2D eigenvalue weighted by Gasteiger charge is 2.10. The highest BCUT2D eigenvalue weighted by molar-refractivity contribution is 9.10. The normalized spacial score (nSPS) is 10.9. The van der Waals surface area contributed by atoms with E-state index in [1.807, 2.05) is 18.2 Å².